The average Bonchev–Trinajstić information content (AvgIpc) is 2.52. The first-order chi connectivity index (χ1) is 6.15. The highest BCUT2D eigenvalue weighted by molar-refractivity contribution is 7.14. The predicted octanol–water partition coefficient (Wildman–Crippen LogP) is 2.25. The summed E-state index contributed by atoms with van der Waals surface area (Å²) in [7, 11) is 0. The van der Waals surface area contributed by atoms with Crippen molar-refractivity contribution in [3.63, 3.8) is 0 Å². The molecule has 1 heterocycles. The Morgan fingerprint density at radius 2 is 2.38 bits per heavy atom. The van der Waals surface area contributed by atoms with Crippen molar-refractivity contribution in [2.45, 2.75) is 25.8 Å². The molecular weight excluding hydrogens is 186 g/mol. The molecule has 4 heteroatoms. The highest BCUT2D eigenvalue weighted by Crippen LogP contribution is 2.24. The molecule has 72 valence electrons. The molecule has 1 atom stereocenters. The lowest BCUT2D eigenvalue weighted by atomic mass is 10.1. The maximum Gasteiger partial charge on any atom is 0.345 e. The molecule has 0 saturated carbocycles. The molecule has 1 rings (SSSR count). The van der Waals surface area contributed by atoms with Crippen LogP contribution in [0.3, 0.4) is 0 Å². The first-order valence-corrected chi connectivity index (χ1v) is 5.05. The minimum Gasteiger partial charge on any atom is -0.477 e. The molecule has 3 N–H and O–H groups in total. The van der Waals surface area contributed by atoms with Gasteiger partial charge in [-0.3, -0.25) is 0 Å². The number of hydrogen-bond acceptors (Lipinski definition) is 3. The number of carboxylic acid groups (broad SMARTS) is 1. The van der Waals surface area contributed by atoms with Gasteiger partial charge in [-0.05, 0) is 18.6 Å². The zero-order valence-electron chi connectivity index (χ0n) is 7.49. The molecule has 3 nitrogen and oxygen atoms in total. The van der Waals surface area contributed by atoms with Gasteiger partial charge >= 0.3 is 5.97 Å². The van der Waals surface area contributed by atoms with E-state index in [4.69, 9.17) is 10.8 Å². The van der Waals surface area contributed by atoms with Gasteiger partial charge in [-0.25, -0.2) is 4.79 Å². The standard InChI is InChI=1S/C9H13NO2S/c1-2-3-6(10)7-4-5-8(13-7)9(11)12/h4-6H,2-3,10H2,1H3,(H,11,12). The highest BCUT2D eigenvalue weighted by Gasteiger charge is 2.11. The van der Waals surface area contributed by atoms with Gasteiger partial charge in [0.25, 0.3) is 0 Å². The van der Waals surface area contributed by atoms with E-state index in [0.717, 1.165) is 17.7 Å². The molecule has 0 spiro atoms. The van der Waals surface area contributed by atoms with Crippen LogP contribution in [0.1, 0.15) is 40.4 Å². The van der Waals surface area contributed by atoms with Gasteiger partial charge in [0.05, 0.1) is 0 Å². The number of carboxylic acids is 1. The molecule has 0 aliphatic carbocycles. The first kappa shape index (κ1) is 10.2. The lowest BCUT2D eigenvalue weighted by Crippen LogP contribution is -2.07. The van der Waals surface area contributed by atoms with Crippen molar-refractivity contribution in [3.05, 3.63) is 21.9 Å². The molecule has 0 bridgehead atoms. The van der Waals surface area contributed by atoms with Gasteiger partial charge < -0.3 is 10.8 Å². The van der Waals surface area contributed by atoms with E-state index in [1.807, 2.05) is 0 Å². The zero-order chi connectivity index (χ0) is 9.84. The normalized spacial score (nSPS) is 12.8. The van der Waals surface area contributed by atoms with Crippen molar-refractivity contribution in [2.75, 3.05) is 0 Å². The summed E-state index contributed by atoms with van der Waals surface area (Å²) in [6.07, 6.45) is 1.92. The molecular formula is C9H13NO2S. The zero-order valence-corrected chi connectivity index (χ0v) is 8.30. The van der Waals surface area contributed by atoms with E-state index in [1.165, 1.54) is 11.3 Å². The van der Waals surface area contributed by atoms with Crippen LogP contribution >= 0.6 is 11.3 Å². The fraction of sp³-hybridized carbons (Fsp3) is 0.444. The summed E-state index contributed by atoms with van der Waals surface area (Å²) in [5.74, 6) is -0.875. The van der Waals surface area contributed by atoms with Crippen LogP contribution in [0.4, 0.5) is 0 Å². The summed E-state index contributed by atoms with van der Waals surface area (Å²) in [4.78, 5) is 11.9. The van der Waals surface area contributed by atoms with Crippen LogP contribution in [-0.2, 0) is 0 Å². The molecule has 0 saturated heterocycles. The summed E-state index contributed by atoms with van der Waals surface area (Å²) in [6, 6.07) is 3.40. The Labute approximate surface area is 81.2 Å². The summed E-state index contributed by atoms with van der Waals surface area (Å²) < 4.78 is 0. The van der Waals surface area contributed by atoms with E-state index in [2.05, 4.69) is 6.92 Å². The summed E-state index contributed by atoms with van der Waals surface area (Å²) >= 11 is 1.26. The van der Waals surface area contributed by atoms with Gasteiger partial charge in [-0.2, -0.15) is 0 Å². The minimum absolute atomic E-state index is 0.0110. The summed E-state index contributed by atoms with van der Waals surface area (Å²) in [5, 5.41) is 8.68. The van der Waals surface area contributed by atoms with Gasteiger partial charge in [0, 0.05) is 10.9 Å². The Morgan fingerprint density at radius 1 is 1.69 bits per heavy atom. The molecule has 0 radical (unpaired) electrons. The third-order valence-corrected chi connectivity index (χ3v) is 3.01. The van der Waals surface area contributed by atoms with E-state index in [9.17, 15) is 4.79 Å². The Hall–Kier alpha value is -0.870. The number of carbonyl (C=O) groups is 1. The third-order valence-electron chi connectivity index (χ3n) is 1.80. The molecule has 1 aromatic rings. The predicted molar refractivity (Wildman–Crippen MR) is 53.1 cm³/mol. The van der Waals surface area contributed by atoms with Gasteiger partial charge in [0.2, 0.25) is 0 Å². The molecule has 13 heavy (non-hydrogen) atoms. The topological polar surface area (TPSA) is 63.3 Å². The summed E-state index contributed by atoms with van der Waals surface area (Å²) in [6.45, 7) is 2.06. The van der Waals surface area contributed by atoms with Crippen LogP contribution in [0, 0.1) is 0 Å². The fourth-order valence-corrected chi connectivity index (χ4v) is 2.00. The fourth-order valence-electron chi connectivity index (χ4n) is 1.12. The van der Waals surface area contributed by atoms with Crippen LogP contribution in [0.25, 0.3) is 0 Å². The second-order valence-electron chi connectivity index (χ2n) is 2.90. The molecule has 0 amide bonds. The SMILES string of the molecule is CCCC(N)c1ccc(C(=O)O)s1. The van der Waals surface area contributed by atoms with Gasteiger partial charge in [-0.15, -0.1) is 11.3 Å². The number of hydrogen-bond donors (Lipinski definition) is 2. The maximum absolute atomic E-state index is 10.6. The quantitative estimate of drug-likeness (QED) is 0.781. The largest absolute Gasteiger partial charge is 0.477 e. The van der Waals surface area contributed by atoms with E-state index in [-0.39, 0.29) is 6.04 Å². The number of thiophene rings is 1. The molecule has 0 aliphatic heterocycles. The lowest BCUT2D eigenvalue weighted by Gasteiger charge is -2.05. The molecule has 1 unspecified atom stereocenters. The second kappa shape index (κ2) is 4.39. The average molecular weight is 199 g/mol. The van der Waals surface area contributed by atoms with E-state index in [0.29, 0.717) is 4.88 Å². The van der Waals surface area contributed by atoms with Crippen LogP contribution in [0.15, 0.2) is 12.1 Å². The number of aromatic carboxylic acids is 1. The van der Waals surface area contributed by atoms with Crippen LogP contribution < -0.4 is 5.73 Å². The van der Waals surface area contributed by atoms with Crippen LogP contribution in [-0.4, -0.2) is 11.1 Å². The first-order valence-electron chi connectivity index (χ1n) is 4.23. The Bertz CT molecular complexity index is 296. The summed E-state index contributed by atoms with van der Waals surface area (Å²) in [5.41, 5.74) is 5.84. The van der Waals surface area contributed by atoms with Crippen LogP contribution in [0.2, 0.25) is 0 Å². The van der Waals surface area contributed by atoms with Crippen molar-refractivity contribution < 1.29 is 9.90 Å². The van der Waals surface area contributed by atoms with Crippen molar-refractivity contribution in [2.24, 2.45) is 5.73 Å². The van der Waals surface area contributed by atoms with Crippen molar-refractivity contribution in [1.29, 1.82) is 0 Å². The van der Waals surface area contributed by atoms with Crippen molar-refractivity contribution in [3.8, 4) is 0 Å². The maximum atomic E-state index is 10.6. The molecule has 0 fully saturated rings. The number of nitrogens with two attached hydrogens (primary N) is 1. The lowest BCUT2D eigenvalue weighted by molar-refractivity contribution is 0.0702. The van der Waals surface area contributed by atoms with E-state index in [1.54, 1.807) is 12.1 Å². The molecule has 1 aromatic heterocycles. The second-order valence-corrected chi connectivity index (χ2v) is 4.02. The van der Waals surface area contributed by atoms with Crippen molar-refractivity contribution >= 4 is 17.3 Å². The Kier molecular flexibility index (Phi) is 3.45. The number of rotatable bonds is 4. The third kappa shape index (κ3) is 2.54. The Balaban J connectivity index is 2.73. The van der Waals surface area contributed by atoms with Gasteiger partial charge in [0.1, 0.15) is 4.88 Å². The van der Waals surface area contributed by atoms with Gasteiger partial charge in [-0.1, -0.05) is 13.3 Å². The van der Waals surface area contributed by atoms with Crippen molar-refractivity contribution in [1.82, 2.24) is 0 Å². The monoisotopic (exact) mass is 199 g/mol. The van der Waals surface area contributed by atoms with Gasteiger partial charge in [0.15, 0.2) is 0 Å². The van der Waals surface area contributed by atoms with E-state index < -0.39 is 5.97 Å². The molecule has 0 aromatic carbocycles. The minimum atomic E-state index is -0.875. The smallest absolute Gasteiger partial charge is 0.345 e. The highest BCUT2D eigenvalue weighted by atomic mass is 32.1. The molecule has 0 aliphatic rings. The Morgan fingerprint density at radius 3 is 2.85 bits per heavy atom. The van der Waals surface area contributed by atoms with E-state index >= 15 is 0 Å². The van der Waals surface area contributed by atoms with Crippen LogP contribution in [0.5, 0.6) is 0 Å².